The Bertz CT molecular complexity index is 914. The summed E-state index contributed by atoms with van der Waals surface area (Å²) in [6, 6.07) is 5.74. The molecule has 2 aromatic carbocycles. The second kappa shape index (κ2) is 7.23. The Labute approximate surface area is 151 Å². The van der Waals surface area contributed by atoms with Crippen molar-refractivity contribution in [2.45, 2.75) is 0 Å². The fourth-order valence-corrected chi connectivity index (χ4v) is 2.42. The molecule has 1 N–H and O–H groups in total. The van der Waals surface area contributed by atoms with Crippen molar-refractivity contribution in [1.82, 2.24) is 0 Å². The van der Waals surface area contributed by atoms with Gasteiger partial charge in [0.25, 0.3) is 5.69 Å². The number of nitro benzene ring substituents is 2. The average Bonchev–Trinajstić information content (AvgIpc) is 2.55. The number of aromatic carboxylic acids is 1. The summed E-state index contributed by atoms with van der Waals surface area (Å²) in [7, 11) is 3.45. The van der Waals surface area contributed by atoms with Crippen LogP contribution in [0.2, 0.25) is 5.02 Å². The van der Waals surface area contributed by atoms with E-state index in [9.17, 15) is 25.0 Å². The second-order valence-electron chi connectivity index (χ2n) is 5.27. The molecule has 0 aliphatic rings. The van der Waals surface area contributed by atoms with Crippen molar-refractivity contribution in [3.05, 3.63) is 61.1 Å². The lowest BCUT2D eigenvalue weighted by Gasteiger charge is -2.16. The fourth-order valence-electron chi connectivity index (χ4n) is 2.13. The summed E-state index contributed by atoms with van der Waals surface area (Å²) < 4.78 is 5.43. The number of halogens is 1. The molecule has 0 radical (unpaired) electrons. The van der Waals surface area contributed by atoms with Gasteiger partial charge < -0.3 is 14.7 Å². The number of carboxylic acids is 1. The maximum atomic E-state index is 11.2. The summed E-state index contributed by atoms with van der Waals surface area (Å²) in [6.45, 7) is 0. The van der Waals surface area contributed by atoms with E-state index in [-0.39, 0.29) is 5.75 Å². The number of rotatable bonds is 6. The van der Waals surface area contributed by atoms with Gasteiger partial charge in [0.05, 0.1) is 26.6 Å². The fraction of sp³-hybridized carbons (Fsp3) is 0.133. The number of hydrogen-bond donors (Lipinski definition) is 1. The number of ether oxygens (including phenoxy) is 1. The number of benzene rings is 2. The van der Waals surface area contributed by atoms with Crippen LogP contribution in [0, 0.1) is 20.2 Å². The van der Waals surface area contributed by atoms with Crippen molar-refractivity contribution in [1.29, 1.82) is 0 Å². The summed E-state index contributed by atoms with van der Waals surface area (Å²) in [6.07, 6.45) is 0. The molecule has 26 heavy (non-hydrogen) atoms. The Morgan fingerprint density at radius 1 is 1.12 bits per heavy atom. The first-order valence-corrected chi connectivity index (χ1v) is 7.34. The Morgan fingerprint density at radius 3 is 2.23 bits per heavy atom. The topological polar surface area (TPSA) is 136 Å². The SMILES string of the molecule is CN(C)c1cc(Oc2cc(C(=O)O)c([N+](=O)[O-])cc2[N+](=O)[O-])ccc1Cl. The van der Waals surface area contributed by atoms with E-state index in [0.717, 1.165) is 6.07 Å². The largest absolute Gasteiger partial charge is 0.477 e. The molecule has 0 heterocycles. The van der Waals surface area contributed by atoms with Crippen LogP contribution in [0.4, 0.5) is 17.1 Å². The van der Waals surface area contributed by atoms with Crippen LogP contribution in [0.5, 0.6) is 11.5 Å². The predicted molar refractivity (Wildman–Crippen MR) is 92.6 cm³/mol. The maximum Gasteiger partial charge on any atom is 0.342 e. The van der Waals surface area contributed by atoms with Crippen molar-refractivity contribution < 1.29 is 24.5 Å². The Hall–Kier alpha value is -3.40. The highest BCUT2D eigenvalue weighted by molar-refractivity contribution is 6.33. The molecular formula is C15H12ClN3O7. The summed E-state index contributed by atoms with van der Waals surface area (Å²) in [5.74, 6) is -1.90. The highest BCUT2D eigenvalue weighted by atomic mass is 35.5. The Balaban J connectivity index is 2.60. The summed E-state index contributed by atoms with van der Waals surface area (Å²) in [5.41, 5.74) is -1.80. The van der Waals surface area contributed by atoms with Gasteiger partial charge in [-0.15, -0.1) is 0 Å². The van der Waals surface area contributed by atoms with Crippen LogP contribution in [0.1, 0.15) is 10.4 Å². The van der Waals surface area contributed by atoms with Gasteiger partial charge in [-0.1, -0.05) is 11.6 Å². The molecular weight excluding hydrogens is 370 g/mol. The first-order chi connectivity index (χ1) is 12.1. The minimum atomic E-state index is -1.61. The van der Waals surface area contributed by atoms with Crippen molar-refractivity contribution in [2.24, 2.45) is 0 Å². The number of carboxylic acid groups (broad SMARTS) is 1. The second-order valence-corrected chi connectivity index (χ2v) is 5.67. The molecule has 11 heteroatoms. The molecule has 0 saturated carbocycles. The van der Waals surface area contributed by atoms with Gasteiger partial charge in [-0.25, -0.2) is 4.79 Å². The van der Waals surface area contributed by atoms with E-state index in [2.05, 4.69) is 0 Å². The van der Waals surface area contributed by atoms with Crippen LogP contribution in [0.3, 0.4) is 0 Å². The monoisotopic (exact) mass is 381 g/mol. The van der Waals surface area contributed by atoms with Crippen molar-refractivity contribution >= 4 is 34.6 Å². The minimum Gasteiger partial charge on any atom is -0.477 e. The molecule has 0 aliphatic heterocycles. The molecule has 0 atom stereocenters. The number of carbonyl (C=O) groups is 1. The lowest BCUT2D eigenvalue weighted by molar-refractivity contribution is -0.394. The van der Waals surface area contributed by atoms with Gasteiger partial charge in [0.1, 0.15) is 11.3 Å². The number of nitro groups is 2. The normalized spacial score (nSPS) is 10.3. The Morgan fingerprint density at radius 2 is 1.73 bits per heavy atom. The van der Waals surface area contributed by atoms with E-state index in [4.69, 9.17) is 21.4 Å². The van der Waals surface area contributed by atoms with E-state index in [0.29, 0.717) is 16.8 Å². The minimum absolute atomic E-state index is 0.145. The van der Waals surface area contributed by atoms with Crippen LogP contribution in [-0.2, 0) is 0 Å². The highest BCUT2D eigenvalue weighted by Crippen LogP contribution is 2.38. The van der Waals surface area contributed by atoms with Gasteiger partial charge in [0.15, 0.2) is 0 Å². The third-order valence-corrected chi connectivity index (χ3v) is 3.65. The zero-order chi connectivity index (χ0) is 19.6. The molecule has 2 rings (SSSR count). The lowest BCUT2D eigenvalue weighted by Crippen LogP contribution is -2.09. The first-order valence-electron chi connectivity index (χ1n) is 6.96. The number of nitrogens with zero attached hydrogens (tertiary/aromatic N) is 3. The van der Waals surface area contributed by atoms with Crippen LogP contribution in [0.25, 0.3) is 0 Å². The third kappa shape index (κ3) is 3.81. The van der Waals surface area contributed by atoms with E-state index in [1.54, 1.807) is 19.0 Å². The molecule has 0 aliphatic carbocycles. The molecule has 136 valence electrons. The van der Waals surface area contributed by atoms with E-state index in [1.807, 2.05) is 0 Å². The van der Waals surface area contributed by atoms with Crippen LogP contribution < -0.4 is 9.64 Å². The third-order valence-electron chi connectivity index (χ3n) is 3.33. The molecule has 10 nitrogen and oxygen atoms in total. The number of hydrogen-bond acceptors (Lipinski definition) is 7. The van der Waals surface area contributed by atoms with Gasteiger partial charge >= 0.3 is 11.7 Å². The van der Waals surface area contributed by atoms with Gasteiger partial charge in [0.2, 0.25) is 5.75 Å². The molecule has 0 spiro atoms. The standard InChI is InChI=1S/C15H12ClN3O7/c1-17(2)12-5-8(3-4-10(12)16)26-14-6-9(15(20)21)11(18(22)23)7-13(14)19(24)25/h3-7H,1-2H3,(H,20,21). The Kier molecular flexibility index (Phi) is 5.27. The van der Waals surface area contributed by atoms with Crippen molar-refractivity contribution in [3.8, 4) is 11.5 Å². The predicted octanol–water partition coefficient (Wildman–Crippen LogP) is 3.71. The first kappa shape index (κ1) is 18.9. The summed E-state index contributed by atoms with van der Waals surface area (Å²) in [4.78, 5) is 33.2. The van der Waals surface area contributed by atoms with Crippen LogP contribution in [0.15, 0.2) is 30.3 Å². The molecule has 0 fully saturated rings. The number of anilines is 1. The maximum absolute atomic E-state index is 11.2. The van der Waals surface area contributed by atoms with E-state index < -0.39 is 38.5 Å². The highest BCUT2D eigenvalue weighted by Gasteiger charge is 2.29. The zero-order valence-corrected chi connectivity index (χ0v) is 14.3. The molecule has 2 aromatic rings. The molecule has 0 amide bonds. The molecule has 0 saturated heterocycles. The van der Waals surface area contributed by atoms with Gasteiger partial charge in [-0.05, 0) is 12.1 Å². The van der Waals surface area contributed by atoms with Crippen LogP contribution in [-0.4, -0.2) is 35.0 Å². The molecule has 0 bridgehead atoms. The van der Waals surface area contributed by atoms with Gasteiger partial charge in [-0.3, -0.25) is 20.2 Å². The average molecular weight is 382 g/mol. The van der Waals surface area contributed by atoms with Crippen LogP contribution >= 0.6 is 11.6 Å². The summed E-state index contributed by atoms with van der Waals surface area (Å²) in [5, 5.41) is 31.8. The van der Waals surface area contributed by atoms with E-state index in [1.165, 1.54) is 18.2 Å². The quantitative estimate of drug-likeness (QED) is 0.590. The molecule has 0 unspecified atom stereocenters. The smallest absolute Gasteiger partial charge is 0.342 e. The van der Waals surface area contributed by atoms with Crippen molar-refractivity contribution in [2.75, 3.05) is 19.0 Å². The van der Waals surface area contributed by atoms with Crippen molar-refractivity contribution in [3.63, 3.8) is 0 Å². The van der Waals surface area contributed by atoms with Gasteiger partial charge in [-0.2, -0.15) is 0 Å². The lowest BCUT2D eigenvalue weighted by atomic mass is 10.1. The zero-order valence-electron chi connectivity index (χ0n) is 13.5. The van der Waals surface area contributed by atoms with Gasteiger partial charge in [0, 0.05) is 26.2 Å². The summed E-state index contributed by atoms with van der Waals surface area (Å²) >= 11 is 6.04. The molecule has 0 aromatic heterocycles. The van der Waals surface area contributed by atoms with E-state index >= 15 is 0 Å².